The van der Waals surface area contributed by atoms with Crippen LogP contribution in [0.25, 0.3) is 0 Å². The van der Waals surface area contributed by atoms with Crippen molar-refractivity contribution in [1.29, 1.82) is 0 Å². The van der Waals surface area contributed by atoms with Crippen molar-refractivity contribution in [2.45, 2.75) is 70.6 Å². The largest absolute Gasteiger partial charge is 0.0882 e. The fourth-order valence-electron chi connectivity index (χ4n) is 4.45. The molecule has 2 bridgehead atoms. The van der Waals surface area contributed by atoms with E-state index in [0.29, 0.717) is 0 Å². The van der Waals surface area contributed by atoms with Gasteiger partial charge in [0.1, 0.15) is 0 Å². The average Bonchev–Trinajstić information content (AvgIpc) is 2.95. The molecule has 4 rings (SSSR count). The maximum Gasteiger partial charge on any atom is -0.0171 e. The second-order valence-corrected chi connectivity index (χ2v) is 7.47. The fraction of sp³-hybridized carbons (Fsp3) is 0.714. The first-order valence-corrected chi connectivity index (χ1v) is 9.43. The van der Waals surface area contributed by atoms with Crippen molar-refractivity contribution in [1.82, 2.24) is 0 Å². The Balaban J connectivity index is 0.000000156. The van der Waals surface area contributed by atoms with Gasteiger partial charge in [0.05, 0.1) is 0 Å². The smallest absolute Gasteiger partial charge is 0.0171 e. The molecule has 0 radical (unpaired) electrons. The average molecular weight is 284 g/mol. The Labute approximate surface area is 131 Å². The highest BCUT2D eigenvalue weighted by Gasteiger charge is 2.25. The number of allylic oxidation sites excluding steroid dienone is 6. The first-order chi connectivity index (χ1) is 10.4. The predicted molar refractivity (Wildman–Crippen MR) is 92.2 cm³/mol. The second kappa shape index (κ2) is 8.01. The van der Waals surface area contributed by atoms with Gasteiger partial charge >= 0.3 is 0 Å². The minimum atomic E-state index is 0.854. The molecule has 0 nitrogen and oxygen atoms in total. The zero-order valence-corrected chi connectivity index (χ0v) is 13.6. The van der Waals surface area contributed by atoms with Crippen LogP contribution in [0.2, 0.25) is 0 Å². The molecule has 0 saturated heterocycles. The molecule has 21 heavy (non-hydrogen) atoms. The highest BCUT2D eigenvalue weighted by molar-refractivity contribution is 5.06. The maximum absolute atomic E-state index is 2.49. The van der Waals surface area contributed by atoms with Crippen LogP contribution in [-0.2, 0) is 0 Å². The summed E-state index contributed by atoms with van der Waals surface area (Å²) in [6.45, 7) is 0. The number of hydrogen-bond donors (Lipinski definition) is 0. The Morgan fingerprint density at radius 1 is 0.524 bits per heavy atom. The summed E-state index contributed by atoms with van der Waals surface area (Å²) < 4.78 is 0. The van der Waals surface area contributed by atoms with Crippen LogP contribution in [0.3, 0.4) is 0 Å². The molecule has 0 spiro atoms. The van der Waals surface area contributed by atoms with Crippen LogP contribution < -0.4 is 0 Å². The topological polar surface area (TPSA) is 0 Å². The van der Waals surface area contributed by atoms with Gasteiger partial charge in [-0.2, -0.15) is 0 Å². The zero-order chi connectivity index (χ0) is 14.3. The van der Waals surface area contributed by atoms with E-state index in [1.54, 1.807) is 0 Å². The highest BCUT2D eigenvalue weighted by atomic mass is 14.3. The molecule has 1 fully saturated rings. The van der Waals surface area contributed by atoms with E-state index in [9.17, 15) is 0 Å². The predicted octanol–water partition coefficient (Wildman–Crippen LogP) is 6.45. The summed E-state index contributed by atoms with van der Waals surface area (Å²) >= 11 is 0. The summed E-state index contributed by atoms with van der Waals surface area (Å²) in [4.78, 5) is 0. The van der Waals surface area contributed by atoms with Crippen molar-refractivity contribution in [2.24, 2.45) is 23.7 Å². The van der Waals surface area contributed by atoms with Gasteiger partial charge in [-0.1, -0.05) is 49.3 Å². The first kappa shape index (κ1) is 15.1. The van der Waals surface area contributed by atoms with Crippen molar-refractivity contribution in [2.75, 3.05) is 0 Å². The molecule has 4 atom stereocenters. The summed E-state index contributed by atoms with van der Waals surface area (Å²) in [5.41, 5.74) is 0. The van der Waals surface area contributed by atoms with Crippen LogP contribution in [-0.4, -0.2) is 0 Å². The number of hydrogen-bond acceptors (Lipinski definition) is 0. The normalized spacial score (nSPS) is 37.7. The molecule has 0 heterocycles. The van der Waals surface area contributed by atoms with Crippen LogP contribution in [0.15, 0.2) is 36.5 Å². The molecule has 0 aromatic heterocycles. The Morgan fingerprint density at radius 3 is 1.43 bits per heavy atom. The van der Waals surface area contributed by atoms with Gasteiger partial charge < -0.3 is 0 Å². The van der Waals surface area contributed by atoms with Crippen molar-refractivity contribution in [3.05, 3.63) is 36.5 Å². The molecule has 0 amide bonds. The number of rotatable bonds is 1. The minimum absolute atomic E-state index is 0.854. The lowest BCUT2D eigenvalue weighted by Crippen LogP contribution is -2.09. The highest BCUT2D eigenvalue weighted by Crippen LogP contribution is 2.38. The minimum Gasteiger partial charge on any atom is -0.0882 e. The van der Waals surface area contributed by atoms with E-state index in [0.717, 1.165) is 23.7 Å². The molecule has 0 N–H and O–H groups in total. The molecule has 0 aromatic rings. The molecule has 0 aliphatic heterocycles. The van der Waals surface area contributed by atoms with Gasteiger partial charge in [0.25, 0.3) is 0 Å². The van der Waals surface area contributed by atoms with Gasteiger partial charge in [-0.3, -0.25) is 0 Å². The van der Waals surface area contributed by atoms with E-state index in [1.807, 2.05) is 0 Å². The summed E-state index contributed by atoms with van der Waals surface area (Å²) in [6.07, 6.45) is 30.1. The van der Waals surface area contributed by atoms with Crippen LogP contribution in [0.1, 0.15) is 70.6 Å². The van der Waals surface area contributed by atoms with E-state index in [2.05, 4.69) is 36.5 Å². The van der Waals surface area contributed by atoms with E-state index in [4.69, 9.17) is 0 Å². The van der Waals surface area contributed by atoms with E-state index < -0.39 is 0 Å². The molecule has 0 aromatic carbocycles. The molecule has 4 aliphatic rings. The summed E-state index contributed by atoms with van der Waals surface area (Å²) in [5.74, 6) is 3.69. The van der Waals surface area contributed by atoms with Gasteiger partial charge in [-0.25, -0.2) is 0 Å². The van der Waals surface area contributed by atoms with Gasteiger partial charge in [0.15, 0.2) is 0 Å². The quantitative estimate of drug-likeness (QED) is 0.485. The Morgan fingerprint density at radius 2 is 1.05 bits per heavy atom. The Hall–Kier alpha value is -0.780. The van der Waals surface area contributed by atoms with E-state index in [-0.39, 0.29) is 0 Å². The van der Waals surface area contributed by atoms with E-state index in [1.165, 1.54) is 70.6 Å². The van der Waals surface area contributed by atoms with Gasteiger partial charge in [0.2, 0.25) is 0 Å². The van der Waals surface area contributed by atoms with Crippen LogP contribution >= 0.6 is 0 Å². The fourth-order valence-corrected chi connectivity index (χ4v) is 4.45. The van der Waals surface area contributed by atoms with Crippen molar-refractivity contribution in [3.8, 4) is 0 Å². The van der Waals surface area contributed by atoms with Crippen LogP contribution in [0.4, 0.5) is 0 Å². The zero-order valence-electron chi connectivity index (χ0n) is 13.6. The van der Waals surface area contributed by atoms with Gasteiger partial charge in [-0.15, -0.1) is 0 Å². The first-order valence-electron chi connectivity index (χ1n) is 9.43. The summed E-state index contributed by atoms with van der Waals surface area (Å²) in [7, 11) is 0. The molecule has 1 saturated carbocycles. The van der Waals surface area contributed by atoms with Crippen molar-refractivity contribution in [3.63, 3.8) is 0 Å². The van der Waals surface area contributed by atoms with Crippen molar-refractivity contribution >= 4 is 0 Å². The molecule has 4 unspecified atom stereocenters. The molecular formula is C21H32. The molecule has 116 valence electrons. The SMILES string of the molecule is C1=CC(C2C=CCCCC2)CCCC1.C1=CC2CCC1C2. The molecular weight excluding hydrogens is 252 g/mol. The third-order valence-electron chi connectivity index (χ3n) is 5.80. The maximum atomic E-state index is 2.49. The van der Waals surface area contributed by atoms with Gasteiger partial charge in [-0.05, 0) is 81.5 Å². The summed E-state index contributed by atoms with van der Waals surface area (Å²) in [5, 5.41) is 0. The molecule has 0 heteroatoms. The van der Waals surface area contributed by atoms with Crippen LogP contribution in [0.5, 0.6) is 0 Å². The third kappa shape index (κ3) is 4.59. The summed E-state index contributed by atoms with van der Waals surface area (Å²) in [6, 6.07) is 0. The van der Waals surface area contributed by atoms with Crippen molar-refractivity contribution < 1.29 is 0 Å². The Bertz CT molecular complexity index is 351. The second-order valence-electron chi connectivity index (χ2n) is 7.47. The number of fused-ring (bicyclic) bond motifs is 2. The Kier molecular flexibility index (Phi) is 5.77. The monoisotopic (exact) mass is 284 g/mol. The van der Waals surface area contributed by atoms with E-state index >= 15 is 0 Å². The lowest BCUT2D eigenvalue weighted by molar-refractivity contribution is 0.406. The molecule has 4 aliphatic carbocycles. The lowest BCUT2D eigenvalue weighted by Gasteiger charge is -2.19. The van der Waals surface area contributed by atoms with Gasteiger partial charge in [0, 0.05) is 0 Å². The third-order valence-corrected chi connectivity index (χ3v) is 5.80. The van der Waals surface area contributed by atoms with Crippen LogP contribution in [0, 0.1) is 23.7 Å². The standard InChI is InChI=1S/C14H22.C7H10/c1-2-6-10-13(9-5-1)14-11-7-3-4-8-12-14;1-2-7-4-3-6(1)5-7/h5,7,9,11,13-14H,1-4,6,8,10,12H2;1-2,6-7H,3-5H2. The lowest BCUT2D eigenvalue weighted by atomic mass is 9.85.